The van der Waals surface area contributed by atoms with Crippen molar-refractivity contribution in [2.75, 3.05) is 12.0 Å². The van der Waals surface area contributed by atoms with E-state index in [0.29, 0.717) is 23.7 Å². The molecule has 0 aromatic heterocycles. The molecular formula is C36H47N3O3. The smallest absolute Gasteiger partial charge is 0.253 e. The lowest BCUT2D eigenvalue weighted by molar-refractivity contribution is -0.125. The molecule has 0 fully saturated rings. The molecule has 3 aromatic rings. The number of benzene rings is 3. The molecule has 0 aliphatic heterocycles. The average Bonchev–Trinajstić information content (AvgIpc) is 3.31. The molecule has 0 heterocycles. The molecule has 6 heteroatoms. The fourth-order valence-corrected chi connectivity index (χ4v) is 6.42. The van der Waals surface area contributed by atoms with Crippen molar-refractivity contribution in [3.05, 3.63) is 89.5 Å². The van der Waals surface area contributed by atoms with Crippen LogP contribution in [-0.2, 0) is 10.2 Å². The zero-order chi connectivity index (χ0) is 30.0. The minimum absolute atomic E-state index is 0.0771. The first-order valence-electron chi connectivity index (χ1n) is 15.7. The Bertz CT molecular complexity index is 1290. The number of anilines is 1. The molecule has 4 rings (SSSR count). The number of amides is 2. The maximum atomic E-state index is 14.0. The van der Waals surface area contributed by atoms with E-state index in [2.05, 4.69) is 85.4 Å². The van der Waals surface area contributed by atoms with Gasteiger partial charge < -0.3 is 10.6 Å². The van der Waals surface area contributed by atoms with Gasteiger partial charge in [0.05, 0.1) is 11.3 Å². The molecule has 0 bridgehead atoms. The van der Waals surface area contributed by atoms with Crippen molar-refractivity contribution in [3.63, 3.8) is 0 Å². The van der Waals surface area contributed by atoms with Crippen LogP contribution in [0.4, 0.5) is 5.69 Å². The first-order chi connectivity index (χ1) is 20.5. The minimum atomic E-state index is -0.651. The Morgan fingerprint density at radius 1 is 0.810 bits per heavy atom. The van der Waals surface area contributed by atoms with Crippen molar-refractivity contribution in [2.24, 2.45) is 5.92 Å². The van der Waals surface area contributed by atoms with E-state index in [9.17, 15) is 14.8 Å². The Morgan fingerprint density at radius 2 is 1.45 bits per heavy atom. The van der Waals surface area contributed by atoms with Crippen LogP contribution >= 0.6 is 0 Å². The molecule has 0 spiro atoms. The van der Waals surface area contributed by atoms with Crippen LogP contribution in [0, 0.1) is 5.92 Å². The van der Waals surface area contributed by atoms with Gasteiger partial charge in [0.2, 0.25) is 5.91 Å². The van der Waals surface area contributed by atoms with E-state index >= 15 is 0 Å². The summed E-state index contributed by atoms with van der Waals surface area (Å²) in [5.74, 6) is 0.465. The average molecular weight is 570 g/mol. The van der Waals surface area contributed by atoms with Crippen molar-refractivity contribution < 1.29 is 14.8 Å². The molecule has 0 saturated heterocycles. The van der Waals surface area contributed by atoms with Crippen molar-refractivity contribution in [3.8, 4) is 11.1 Å². The van der Waals surface area contributed by atoms with Crippen LogP contribution in [0.3, 0.4) is 0 Å². The lowest BCUT2D eigenvalue weighted by atomic mass is 9.73. The first kappa shape index (κ1) is 31.3. The Balaban J connectivity index is 1.36. The predicted molar refractivity (Wildman–Crippen MR) is 171 cm³/mol. The number of rotatable bonds is 16. The molecule has 0 saturated carbocycles. The molecule has 1 aliphatic rings. The second kappa shape index (κ2) is 15.0. The number of carbonyl (C=O) groups is 2. The van der Waals surface area contributed by atoms with Crippen molar-refractivity contribution in [2.45, 2.75) is 90.0 Å². The summed E-state index contributed by atoms with van der Waals surface area (Å²) in [6.45, 7) is 7.23. The SMILES string of the molecule is CCCCNC(=O)C1(CCCCC(C)CCC(CC)NC(=O)c2ccccc2NO)c2ccccc2-c2ccccc21. The van der Waals surface area contributed by atoms with Gasteiger partial charge in [0.1, 0.15) is 5.41 Å². The van der Waals surface area contributed by atoms with Gasteiger partial charge in [-0.3, -0.25) is 20.3 Å². The van der Waals surface area contributed by atoms with Gasteiger partial charge in [-0.2, -0.15) is 0 Å². The van der Waals surface area contributed by atoms with Gasteiger partial charge in [-0.05, 0) is 72.4 Å². The molecule has 3 aromatic carbocycles. The zero-order valence-electron chi connectivity index (χ0n) is 25.4. The first-order valence-corrected chi connectivity index (χ1v) is 15.7. The summed E-state index contributed by atoms with van der Waals surface area (Å²) in [5.41, 5.74) is 6.93. The molecule has 42 heavy (non-hydrogen) atoms. The number of carbonyl (C=O) groups excluding carboxylic acids is 2. The fourth-order valence-electron chi connectivity index (χ4n) is 6.42. The zero-order valence-corrected chi connectivity index (χ0v) is 25.4. The van der Waals surface area contributed by atoms with E-state index in [4.69, 9.17) is 0 Å². The third-order valence-corrected chi connectivity index (χ3v) is 8.89. The number of hydrogen-bond donors (Lipinski definition) is 4. The summed E-state index contributed by atoms with van der Waals surface area (Å²) in [5, 5.41) is 15.8. The summed E-state index contributed by atoms with van der Waals surface area (Å²) in [6, 6.07) is 23.9. The molecule has 2 amide bonds. The molecular weight excluding hydrogens is 522 g/mol. The Labute approximate surface area is 251 Å². The quantitative estimate of drug-likeness (QED) is 0.104. The van der Waals surface area contributed by atoms with Crippen molar-refractivity contribution in [1.82, 2.24) is 10.6 Å². The third kappa shape index (κ3) is 6.87. The van der Waals surface area contributed by atoms with Crippen LogP contribution in [0.2, 0.25) is 0 Å². The molecule has 2 atom stereocenters. The lowest BCUT2D eigenvalue weighted by Crippen LogP contribution is -2.44. The molecule has 1 aliphatic carbocycles. The van der Waals surface area contributed by atoms with Crippen LogP contribution in [0.1, 0.15) is 100 Å². The van der Waals surface area contributed by atoms with Gasteiger partial charge in [-0.25, -0.2) is 0 Å². The van der Waals surface area contributed by atoms with Crippen LogP contribution in [0.15, 0.2) is 72.8 Å². The summed E-state index contributed by atoms with van der Waals surface area (Å²) < 4.78 is 0. The van der Waals surface area contributed by atoms with Gasteiger partial charge in [-0.1, -0.05) is 107 Å². The van der Waals surface area contributed by atoms with E-state index in [0.717, 1.165) is 68.9 Å². The number of unbranched alkanes of at least 4 members (excludes halogenated alkanes) is 2. The molecule has 2 unspecified atom stereocenters. The highest BCUT2D eigenvalue weighted by Gasteiger charge is 2.48. The van der Waals surface area contributed by atoms with Crippen LogP contribution < -0.4 is 16.1 Å². The topological polar surface area (TPSA) is 90.5 Å². The standard InChI is InChI=1S/C36H47N3O3/c1-4-6-25-37-35(41)36(31-19-10-7-16-28(31)29-17-8-11-20-32(29)36)24-14-13-15-26(3)22-23-27(5-2)38-34(40)30-18-9-12-21-33(30)39-42/h7-12,16-21,26-27,39,42H,4-6,13-15,22-25H2,1-3H3,(H,37,41)(H,38,40). The lowest BCUT2D eigenvalue weighted by Gasteiger charge is -2.31. The summed E-state index contributed by atoms with van der Waals surface area (Å²) >= 11 is 0. The Morgan fingerprint density at radius 3 is 2.10 bits per heavy atom. The van der Waals surface area contributed by atoms with Crippen LogP contribution in [0.5, 0.6) is 0 Å². The Hall–Kier alpha value is -3.64. The molecule has 0 radical (unpaired) electrons. The number of nitrogens with one attached hydrogen (secondary N) is 3. The van der Waals surface area contributed by atoms with Gasteiger partial charge in [-0.15, -0.1) is 0 Å². The minimum Gasteiger partial charge on any atom is -0.355 e. The number of fused-ring (bicyclic) bond motifs is 3. The maximum Gasteiger partial charge on any atom is 0.253 e. The highest BCUT2D eigenvalue weighted by molar-refractivity contribution is 6.01. The van der Waals surface area contributed by atoms with Gasteiger partial charge in [0.25, 0.3) is 5.91 Å². The third-order valence-electron chi connectivity index (χ3n) is 8.89. The van der Waals surface area contributed by atoms with Crippen molar-refractivity contribution >= 4 is 17.5 Å². The Kier molecular flexibility index (Phi) is 11.2. The summed E-state index contributed by atoms with van der Waals surface area (Å²) in [6.07, 6.45) is 8.69. The monoisotopic (exact) mass is 569 g/mol. The molecule has 4 N–H and O–H groups in total. The second-order valence-corrected chi connectivity index (χ2v) is 11.8. The highest BCUT2D eigenvalue weighted by Crippen LogP contribution is 2.51. The number of hydrogen-bond acceptors (Lipinski definition) is 4. The molecule has 6 nitrogen and oxygen atoms in total. The van der Waals surface area contributed by atoms with E-state index in [1.54, 1.807) is 24.3 Å². The largest absolute Gasteiger partial charge is 0.355 e. The predicted octanol–water partition coefficient (Wildman–Crippen LogP) is 7.86. The van der Waals surface area contributed by atoms with E-state index in [1.165, 1.54) is 11.1 Å². The van der Waals surface area contributed by atoms with Crippen LogP contribution in [0.25, 0.3) is 11.1 Å². The summed E-state index contributed by atoms with van der Waals surface area (Å²) in [4.78, 5) is 26.8. The highest BCUT2D eigenvalue weighted by atomic mass is 16.5. The van der Waals surface area contributed by atoms with E-state index < -0.39 is 5.41 Å². The van der Waals surface area contributed by atoms with E-state index in [1.807, 2.05) is 0 Å². The fraction of sp³-hybridized carbons (Fsp3) is 0.444. The van der Waals surface area contributed by atoms with Crippen LogP contribution in [-0.4, -0.2) is 29.6 Å². The van der Waals surface area contributed by atoms with E-state index in [-0.39, 0.29) is 17.9 Å². The van der Waals surface area contributed by atoms with Gasteiger partial charge in [0, 0.05) is 12.6 Å². The maximum absolute atomic E-state index is 14.0. The second-order valence-electron chi connectivity index (χ2n) is 11.8. The van der Waals surface area contributed by atoms with Gasteiger partial charge >= 0.3 is 0 Å². The van der Waals surface area contributed by atoms with Gasteiger partial charge in [0.15, 0.2) is 0 Å². The normalized spacial score (nSPS) is 14.4. The van der Waals surface area contributed by atoms with Crippen molar-refractivity contribution in [1.29, 1.82) is 0 Å². The number of para-hydroxylation sites is 1. The molecule has 224 valence electrons. The summed E-state index contributed by atoms with van der Waals surface area (Å²) in [7, 11) is 0.